The summed E-state index contributed by atoms with van der Waals surface area (Å²) < 4.78 is 5.37. The Hall–Kier alpha value is -1.80. The molecule has 2 heteroatoms. The van der Waals surface area contributed by atoms with Gasteiger partial charge in [0.15, 0.2) is 0 Å². The van der Waals surface area contributed by atoms with E-state index in [9.17, 15) is 0 Å². The van der Waals surface area contributed by atoms with Crippen molar-refractivity contribution in [2.75, 3.05) is 7.11 Å². The number of benzene rings is 2. The van der Waals surface area contributed by atoms with Crippen LogP contribution in [0.5, 0.6) is 5.75 Å². The molecule has 1 aliphatic carbocycles. The second-order valence-corrected chi connectivity index (χ2v) is 5.92. The van der Waals surface area contributed by atoms with E-state index >= 15 is 0 Å². The molecular formula is C19H23NO. The largest absolute Gasteiger partial charge is 0.496 e. The topological polar surface area (TPSA) is 21.3 Å². The van der Waals surface area contributed by atoms with Gasteiger partial charge in [0.2, 0.25) is 0 Å². The number of methoxy groups -OCH3 is 1. The lowest BCUT2D eigenvalue weighted by Gasteiger charge is -2.13. The highest BCUT2D eigenvalue weighted by molar-refractivity contribution is 5.43. The van der Waals surface area contributed by atoms with Gasteiger partial charge in [-0.15, -0.1) is 0 Å². The Morgan fingerprint density at radius 1 is 1.05 bits per heavy atom. The third-order valence-electron chi connectivity index (χ3n) is 4.64. The predicted molar refractivity (Wildman–Crippen MR) is 86.9 cm³/mol. The Kier molecular flexibility index (Phi) is 3.98. The molecule has 0 saturated heterocycles. The van der Waals surface area contributed by atoms with Gasteiger partial charge in [0.1, 0.15) is 5.75 Å². The van der Waals surface area contributed by atoms with Crippen LogP contribution in [0.3, 0.4) is 0 Å². The van der Waals surface area contributed by atoms with Crippen LogP contribution in [0.1, 0.15) is 34.6 Å². The van der Waals surface area contributed by atoms with Gasteiger partial charge in [0.25, 0.3) is 0 Å². The summed E-state index contributed by atoms with van der Waals surface area (Å²) in [6, 6.07) is 15.7. The van der Waals surface area contributed by atoms with E-state index in [1.165, 1.54) is 28.7 Å². The molecule has 1 saturated carbocycles. The van der Waals surface area contributed by atoms with Crippen molar-refractivity contribution < 1.29 is 4.74 Å². The van der Waals surface area contributed by atoms with Crippen molar-refractivity contribution in [1.82, 2.24) is 5.32 Å². The zero-order valence-electron chi connectivity index (χ0n) is 13.0. The molecule has 0 heterocycles. The third-order valence-corrected chi connectivity index (χ3v) is 4.64. The van der Waals surface area contributed by atoms with Crippen molar-refractivity contribution in [2.45, 2.75) is 38.8 Å². The maximum absolute atomic E-state index is 5.37. The van der Waals surface area contributed by atoms with Crippen molar-refractivity contribution in [2.24, 2.45) is 0 Å². The molecule has 1 fully saturated rings. The fourth-order valence-corrected chi connectivity index (χ4v) is 2.99. The fourth-order valence-electron chi connectivity index (χ4n) is 2.99. The van der Waals surface area contributed by atoms with Gasteiger partial charge in [0, 0.05) is 18.5 Å². The summed E-state index contributed by atoms with van der Waals surface area (Å²) in [6.07, 6.45) is 1.25. The lowest BCUT2D eigenvalue weighted by atomic mass is 10.0. The first-order chi connectivity index (χ1) is 10.2. The molecule has 0 bridgehead atoms. The number of hydrogen-bond acceptors (Lipinski definition) is 2. The van der Waals surface area contributed by atoms with Crippen molar-refractivity contribution in [1.29, 1.82) is 0 Å². The van der Waals surface area contributed by atoms with Crippen molar-refractivity contribution in [3.05, 3.63) is 64.7 Å². The third kappa shape index (κ3) is 2.96. The molecule has 0 radical (unpaired) electrons. The zero-order valence-corrected chi connectivity index (χ0v) is 13.0. The molecule has 1 aliphatic rings. The standard InChI is InChI=1S/C19H23NO/c1-13-14(2)19(21-3)10-9-16(13)12-20-18-11-17(18)15-7-5-4-6-8-15/h4-10,17-18,20H,11-12H2,1-3H3/t17-,18+/m0/s1. The highest BCUT2D eigenvalue weighted by Crippen LogP contribution is 2.40. The highest BCUT2D eigenvalue weighted by atomic mass is 16.5. The smallest absolute Gasteiger partial charge is 0.122 e. The van der Waals surface area contributed by atoms with E-state index in [4.69, 9.17) is 4.74 Å². The number of rotatable bonds is 5. The van der Waals surface area contributed by atoms with Gasteiger partial charge in [-0.25, -0.2) is 0 Å². The molecule has 2 aromatic rings. The molecule has 0 unspecified atom stereocenters. The van der Waals surface area contributed by atoms with Crippen LogP contribution in [-0.2, 0) is 6.54 Å². The normalized spacial score (nSPS) is 20.3. The minimum Gasteiger partial charge on any atom is -0.496 e. The number of ether oxygens (including phenoxy) is 1. The molecule has 0 aromatic heterocycles. The van der Waals surface area contributed by atoms with Crippen LogP contribution in [0.25, 0.3) is 0 Å². The van der Waals surface area contributed by atoms with Gasteiger partial charge in [-0.1, -0.05) is 36.4 Å². The van der Waals surface area contributed by atoms with E-state index in [1.807, 2.05) is 0 Å². The monoisotopic (exact) mass is 281 g/mol. The lowest BCUT2D eigenvalue weighted by molar-refractivity contribution is 0.411. The molecule has 2 aromatic carbocycles. The summed E-state index contributed by atoms with van der Waals surface area (Å²) in [6.45, 7) is 5.24. The predicted octanol–water partition coefficient (Wildman–Crippen LogP) is 3.96. The summed E-state index contributed by atoms with van der Waals surface area (Å²) in [5.74, 6) is 1.66. The number of nitrogens with one attached hydrogen (secondary N) is 1. The van der Waals surface area contributed by atoms with Gasteiger partial charge in [-0.3, -0.25) is 0 Å². The minimum atomic E-state index is 0.620. The molecule has 0 amide bonds. The molecule has 1 N–H and O–H groups in total. The van der Waals surface area contributed by atoms with Crippen LogP contribution in [0, 0.1) is 13.8 Å². The van der Waals surface area contributed by atoms with Gasteiger partial charge in [-0.2, -0.15) is 0 Å². The Labute approximate surface area is 127 Å². The Morgan fingerprint density at radius 2 is 1.81 bits per heavy atom. The summed E-state index contributed by atoms with van der Waals surface area (Å²) in [4.78, 5) is 0. The van der Waals surface area contributed by atoms with Crippen LogP contribution in [-0.4, -0.2) is 13.2 Å². The molecule has 0 spiro atoms. The van der Waals surface area contributed by atoms with Crippen molar-refractivity contribution in [3.8, 4) is 5.75 Å². The molecule has 2 nitrogen and oxygen atoms in total. The first-order valence-corrected chi connectivity index (χ1v) is 7.62. The molecule has 3 rings (SSSR count). The average Bonchev–Trinajstić information content (AvgIpc) is 3.29. The summed E-state index contributed by atoms with van der Waals surface area (Å²) in [5.41, 5.74) is 5.40. The zero-order chi connectivity index (χ0) is 14.8. The van der Waals surface area contributed by atoms with E-state index in [1.54, 1.807) is 7.11 Å². The molecule has 110 valence electrons. The summed E-state index contributed by atoms with van der Waals surface area (Å²) >= 11 is 0. The van der Waals surface area contributed by atoms with Gasteiger partial charge in [0.05, 0.1) is 7.11 Å². The first-order valence-electron chi connectivity index (χ1n) is 7.62. The van der Waals surface area contributed by atoms with Crippen molar-refractivity contribution in [3.63, 3.8) is 0 Å². The molecular weight excluding hydrogens is 258 g/mol. The Bertz CT molecular complexity index is 621. The van der Waals surface area contributed by atoms with Crippen LogP contribution >= 0.6 is 0 Å². The average molecular weight is 281 g/mol. The number of hydrogen-bond donors (Lipinski definition) is 1. The molecule has 0 aliphatic heterocycles. The molecule has 2 atom stereocenters. The van der Waals surface area contributed by atoms with Crippen LogP contribution < -0.4 is 10.1 Å². The molecule has 21 heavy (non-hydrogen) atoms. The van der Waals surface area contributed by atoms with E-state index < -0.39 is 0 Å². The van der Waals surface area contributed by atoms with E-state index in [-0.39, 0.29) is 0 Å². The van der Waals surface area contributed by atoms with E-state index in [0.29, 0.717) is 12.0 Å². The first kappa shape index (κ1) is 14.2. The van der Waals surface area contributed by atoms with E-state index in [2.05, 4.69) is 61.6 Å². The van der Waals surface area contributed by atoms with Gasteiger partial charge < -0.3 is 10.1 Å². The van der Waals surface area contributed by atoms with Crippen LogP contribution in [0.4, 0.5) is 0 Å². The SMILES string of the molecule is COc1ccc(CN[C@@H]2C[C@H]2c2ccccc2)c(C)c1C. The van der Waals surface area contributed by atoms with Gasteiger partial charge >= 0.3 is 0 Å². The Morgan fingerprint density at radius 3 is 2.52 bits per heavy atom. The highest BCUT2D eigenvalue weighted by Gasteiger charge is 2.37. The summed E-state index contributed by atoms with van der Waals surface area (Å²) in [5, 5.41) is 3.69. The lowest BCUT2D eigenvalue weighted by Crippen LogP contribution is -2.18. The maximum atomic E-state index is 5.37. The van der Waals surface area contributed by atoms with Gasteiger partial charge in [-0.05, 0) is 48.6 Å². The van der Waals surface area contributed by atoms with E-state index in [0.717, 1.165) is 12.3 Å². The maximum Gasteiger partial charge on any atom is 0.122 e. The van der Waals surface area contributed by atoms with Crippen LogP contribution in [0.15, 0.2) is 42.5 Å². The minimum absolute atomic E-state index is 0.620. The second-order valence-electron chi connectivity index (χ2n) is 5.92. The fraction of sp³-hybridized carbons (Fsp3) is 0.368. The Balaban J connectivity index is 1.61. The second kappa shape index (κ2) is 5.90. The summed E-state index contributed by atoms with van der Waals surface area (Å²) in [7, 11) is 1.73. The van der Waals surface area contributed by atoms with Crippen LogP contribution in [0.2, 0.25) is 0 Å². The van der Waals surface area contributed by atoms with Crippen molar-refractivity contribution >= 4 is 0 Å². The quantitative estimate of drug-likeness (QED) is 0.895.